The molecule has 54 heavy (non-hydrogen) atoms. The zero-order valence-corrected chi connectivity index (χ0v) is 30.6. The first-order chi connectivity index (χ1) is 26.2. The summed E-state index contributed by atoms with van der Waals surface area (Å²) >= 11 is 0. The van der Waals surface area contributed by atoms with Crippen molar-refractivity contribution in [3.63, 3.8) is 0 Å². The standard InChI is InChI=1S/C42H47N7O5/c1-3-29(2)39(49-24-23-47(42(49)54)27-33-20-22-44-36-15-8-7-13-34(33)36)40(51)45-37(25-30-11-5-4-6-12-30)38(50)28-48(46-41(52)53)26-31-16-18-32(19-17-31)35-14-9-10-21-43-35/h4-22,29,37-39,46,50H,3,23-28H2,1-2H3,(H,45,51)(H,52,53). The molecule has 0 saturated carbocycles. The molecular formula is C42H47N7O5. The van der Waals surface area contributed by atoms with Crippen LogP contribution in [0.4, 0.5) is 9.59 Å². The number of hydrazine groups is 1. The van der Waals surface area contributed by atoms with Gasteiger partial charge in [-0.05, 0) is 53.3 Å². The fourth-order valence-corrected chi connectivity index (χ4v) is 7.03. The Labute approximate surface area is 315 Å². The van der Waals surface area contributed by atoms with E-state index in [1.54, 1.807) is 22.2 Å². The van der Waals surface area contributed by atoms with Crippen molar-refractivity contribution >= 4 is 28.9 Å². The predicted molar refractivity (Wildman–Crippen MR) is 207 cm³/mol. The Bertz CT molecular complexity index is 2010. The molecule has 1 saturated heterocycles. The molecule has 1 aliphatic rings. The molecule has 2 aromatic heterocycles. The second-order valence-corrected chi connectivity index (χ2v) is 13.8. The number of aromatic nitrogens is 2. The van der Waals surface area contributed by atoms with Crippen LogP contribution < -0.4 is 10.7 Å². The number of rotatable bonds is 16. The number of hydrogen-bond acceptors (Lipinski definition) is 7. The van der Waals surface area contributed by atoms with Gasteiger partial charge >= 0.3 is 12.1 Å². The molecule has 0 aliphatic carbocycles. The van der Waals surface area contributed by atoms with E-state index in [2.05, 4.69) is 20.7 Å². The maximum absolute atomic E-state index is 14.4. The number of amides is 4. The number of nitrogens with one attached hydrogen (secondary N) is 2. The van der Waals surface area contributed by atoms with Crippen LogP contribution in [0.15, 0.2) is 116 Å². The van der Waals surface area contributed by atoms with Gasteiger partial charge in [-0.2, -0.15) is 0 Å². The Morgan fingerprint density at radius 1 is 0.870 bits per heavy atom. The van der Waals surface area contributed by atoms with Gasteiger partial charge in [-0.1, -0.05) is 99.1 Å². The topological polar surface area (TPSA) is 151 Å². The van der Waals surface area contributed by atoms with Gasteiger partial charge in [-0.3, -0.25) is 20.2 Å². The van der Waals surface area contributed by atoms with Crippen LogP contribution in [0.3, 0.4) is 0 Å². The molecular weight excluding hydrogens is 683 g/mol. The second kappa shape index (κ2) is 17.8. The number of para-hydroxylation sites is 1. The Kier molecular flexibility index (Phi) is 12.5. The average molecular weight is 730 g/mol. The third-order valence-corrected chi connectivity index (χ3v) is 10.1. The molecule has 0 bridgehead atoms. The number of carbonyl (C=O) groups is 3. The minimum Gasteiger partial charge on any atom is -0.464 e. The quantitative estimate of drug-likeness (QED) is 0.0942. The first-order valence-corrected chi connectivity index (χ1v) is 18.4. The first-order valence-electron chi connectivity index (χ1n) is 18.4. The first kappa shape index (κ1) is 37.9. The maximum atomic E-state index is 14.4. The fraction of sp³-hybridized carbons (Fsp3) is 0.310. The number of fused-ring (bicyclic) bond motifs is 1. The normalized spacial score (nSPS) is 15.2. The van der Waals surface area contributed by atoms with Gasteiger partial charge in [0, 0.05) is 56.1 Å². The minimum absolute atomic E-state index is 0.115. The monoisotopic (exact) mass is 729 g/mol. The van der Waals surface area contributed by atoms with Crippen molar-refractivity contribution in [2.24, 2.45) is 5.92 Å². The lowest BCUT2D eigenvalue weighted by Gasteiger charge is -2.34. The number of urea groups is 1. The average Bonchev–Trinajstić information content (AvgIpc) is 3.53. The summed E-state index contributed by atoms with van der Waals surface area (Å²) in [5, 5.41) is 27.0. The molecule has 0 spiro atoms. The predicted octanol–water partition coefficient (Wildman–Crippen LogP) is 5.72. The van der Waals surface area contributed by atoms with Crippen molar-refractivity contribution in [2.75, 3.05) is 19.6 Å². The van der Waals surface area contributed by atoms with Crippen molar-refractivity contribution in [2.45, 2.75) is 58.0 Å². The summed E-state index contributed by atoms with van der Waals surface area (Å²) in [7, 11) is 0. The summed E-state index contributed by atoms with van der Waals surface area (Å²) in [6, 6.07) is 30.7. The summed E-state index contributed by atoms with van der Waals surface area (Å²) in [6.07, 6.45) is 1.95. The fourth-order valence-electron chi connectivity index (χ4n) is 7.03. The number of aliphatic hydroxyl groups excluding tert-OH is 1. The summed E-state index contributed by atoms with van der Waals surface area (Å²) in [5.41, 5.74) is 7.69. The van der Waals surface area contributed by atoms with Crippen LogP contribution in [-0.4, -0.2) is 90.8 Å². The lowest BCUT2D eigenvalue weighted by molar-refractivity contribution is -0.128. The molecule has 4 unspecified atom stereocenters. The Balaban J connectivity index is 1.19. The van der Waals surface area contributed by atoms with E-state index in [-0.39, 0.29) is 37.4 Å². The number of nitrogens with zero attached hydrogens (tertiary/aromatic N) is 5. The van der Waals surface area contributed by atoms with Crippen LogP contribution >= 0.6 is 0 Å². The molecule has 6 rings (SSSR count). The van der Waals surface area contributed by atoms with Gasteiger partial charge < -0.3 is 25.3 Å². The molecule has 1 fully saturated rings. The minimum atomic E-state index is -1.27. The molecule has 1 aliphatic heterocycles. The maximum Gasteiger partial charge on any atom is 0.419 e. The van der Waals surface area contributed by atoms with Gasteiger partial charge in [0.2, 0.25) is 5.91 Å². The Hall–Kier alpha value is -5.85. The number of hydrogen-bond donors (Lipinski definition) is 4. The van der Waals surface area contributed by atoms with Crippen LogP contribution in [0.25, 0.3) is 22.2 Å². The van der Waals surface area contributed by atoms with E-state index < -0.39 is 24.3 Å². The summed E-state index contributed by atoms with van der Waals surface area (Å²) in [4.78, 5) is 52.5. The molecule has 4 N–H and O–H groups in total. The molecule has 12 nitrogen and oxygen atoms in total. The highest BCUT2D eigenvalue weighted by atomic mass is 16.4. The van der Waals surface area contributed by atoms with E-state index in [9.17, 15) is 24.6 Å². The second-order valence-electron chi connectivity index (χ2n) is 13.8. The van der Waals surface area contributed by atoms with Gasteiger partial charge in [-0.25, -0.2) is 14.6 Å². The number of aliphatic hydroxyl groups is 1. The largest absolute Gasteiger partial charge is 0.464 e. The summed E-state index contributed by atoms with van der Waals surface area (Å²) < 4.78 is 0. The smallest absolute Gasteiger partial charge is 0.419 e. The molecule has 0 radical (unpaired) electrons. The number of benzene rings is 3. The highest BCUT2D eigenvalue weighted by Gasteiger charge is 2.41. The lowest BCUT2D eigenvalue weighted by atomic mass is 9.95. The van der Waals surface area contributed by atoms with Crippen molar-refractivity contribution in [1.82, 2.24) is 35.5 Å². The third-order valence-electron chi connectivity index (χ3n) is 10.1. The molecule has 12 heteroatoms. The van der Waals surface area contributed by atoms with Crippen LogP contribution in [-0.2, 0) is 24.3 Å². The van der Waals surface area contributed by atoms with E-state index in [1.807, 2.05) is 117 Å². The van der Waals surface area contributed by atoms with Crippen LogP contribution in [0.1, 0.15) is 37.0 Å². The van der Waals surface area contributed by atoms with Gasteiger partial charge in [0.25, 0.3) is 0 Å². The third kappa shape index (κ3) is 9.38. The molecule has 4 atom stereocenters. The van der Waals surface area contributed by atoms with Crippen LogP contribution in [0.5, 0.6) is 0 Å². The van der Waals surface area contributed by atoms with Crippen molar-refractivity contribution in [1.29, 1.82) is 0 Å². The molecule has 4 amide bonds. The van der Waals surface area contributed by atoms with E-state index in [0.717, 1.165) is 38.9 Å². The van der Waals surface area contributed by atoms with Gasteiger partial charge in [0.15, 0.2) is 0 Å². The molecule has 3 aromatic carbocycles. The lowest BCUT2D eigenvalue weighted by Crippen LogP contribution is -2.58. The van der Waals surface area contributed by atoms with E-state index in [0.29, 0.717) is 26.1 Å². The van der Waals surface area contributed by atoms with Crippen LogP contribution in [0.2, 0.25) is 0 Å². The van der Waals surface area contributed by atoms with Gasteiger partial charge in [-0.15, -0.1) is 0 Å². The van der Waals surface area contributed by atoms with E-state index in [4.69, 9.17) is 0 Å². The number of carbonyl (C=O) groups excluding carboxylic acids is 2. The SMILES string of the molecule is CCC(C)C(C(=O)NC(Cc1ccccc1)C(O)CN(Cc1ccc(-c2ccccn2)cc1)NC(=O)O)N1CCN(Cc2ccnc3ccccc23)C1=O. The van der Waals surface area contributed by atoms with Crippen molar-refractivity contribution < 1.29 is 24.6 Å². The van der Waals surface area contributed by atoms with Gasteiger partial charge in [0.05, 0.1) is 23.4 Å². The molecule has 3 heterocycles. The van der Waals surface area contributed by atoms with Crippen LogP contribution in [0, 0.1) is 5.92 Å². The molecule has 280 valence electrons. The van der Waals surface area contributed by atoms with Crippen molar-refractivity contribution in [3.05, 3.63) is 132 Å². The summed E-state index contributed by atoms with van der Waals surface area (Å²) in [6.45, 7) is 5.23. The molecule has 5 aromatic rings. The zero-order valence-electron chi connectivity index (χ0n) is 30.6. The van der Waals surface area contributed by atoms with Gasteiger partial charge in [0.1, 0.15) is 6.04 Å². The number of pyridine rings is 2. The van der Waals surface area contributed by atoms with E-state index >= 15 is 0 Å². The Morgan fingerprint density at radius 3 is 2.33 bits per heavy atom. The van der Waals surface area contributed by atoms with Crippen molar-refractivity contribution in [3.8, 4) is 11.3 Å². The Morgan fingerprint density at radius 2 is 1.61 bits per heavy atom. The highest BCUT2D eigenvalue weighted by Crippen LogP contribution is 2.25. The van der Waals surface area contributed by atoms with E-state index in [1.165, 1.54) is 5.01 Å². The zero-order chi connectivity index (χ0) is 38.0. The number of carboxylic acid groups (broad SMARTS) is 1. The summed E-state index contributed by atoms with van der Waals surface area (Å²) in [5.74, 6) is -0.541. The highest BCUT2D eigenvalue weighted by molar-refractivity contribution is 5.89.